The second kappa shape index (κ2) is 7.75. The zero-order valence-electron chi connectivity index (χ0n) is 13.4. The highest BCUT2D eigenvalue weighted by molar-refractivity contribution is 6.30. The predicted octanol–water partition coefficient (Wildman–Crippen LogP) is 3.56. The number of nitrogens with one attached hydrogen (secondary N) is 2. The normalized spacial score (nSPS) is 11.4. The van der Waals surface area contributed by atoms with Gasteiger partial charge < -0.3 is 15.4 Å². The van der Waals surface area contributed by atoms with E-state index in [4.69, 9.17) is 16.3 Å². The van der Waals surface area contributed by atoms with Crippen LogP contribution in [0.25, 0.3) is 0 Å². The van der Waals surface area contributed by atoms with Crippen LogP contribution in [0.3, 0.4) is 0 Å². The third-order valence-electron chi connectivity index (χ3n) is 3.40. The van der Waals surface area contributed by atoms with E-state index in [1.807, 2.05) is 0 Å². The maximum atomic E-state index is 12.9. The zero-order chi connectivity index (χ0) is 18.6. The molecule has 0 saturated carbocycles. The summed E-state index contributed by atoms with van der Waals surface area (Å²) in [5, 5.41) is 9.01. The molecule has 136 valence electrons. The van der Waals surface area contributed by atoms with E-state index in [1.165, 1.54) is 14.2 Å². The van der Waals surface area contributed by atoms with Gasteiger partial charge in [0.25, 0.3) is 0 Å². The quantitative estimate of drug-likeness (QED) is 0.838. The lowest BCUT2D eigenvalue weighted by Gasteiger charge is -2.13. The molecule has 0 bridgehead atoms. The van der Waals surface area contributed by atoms with Gasteiger partial charge in [-0.1, -0.05) is 11.6 Å². The molecule has 0 radical (unpaired) electrons. The van der Waals surface area contributed by atoms with Crippen LogP contribution in [0.1, 0.15) is 16.8 Å². The summed E-state index contributed by atoms with van der Waals surface area (Å²) in [7, 11) is 2.87. The molecular weight excluding hydrogens is 361 g/mol. The van der Waals surface area contributed by atoms with Crippen molar-refractivity contribution in [3.05, 3.63) is 46.2 Å². The van der Waals surface area contributed by atoms with Gasteiger partial charge in [0.05, 0.1) is 30.6 Å². The SMILES string of the molecule is COCc1cc(Cl)ccc1NC(=O)NCc1c(C(F)(F)F)cnn1C. The van der Waals surface area contributed by atoms with Crippen molar-refractivity contribution in [1.29, 1.82) is 0 Å². The Morgan fingerprint density at radius 2 is 2.12 bits per heavy atom. The number of hydrogen-bond acceptors (Lipinski definition) is 3. The highest BCUT2D eigenvalue weighted by Crippen LogP contribution is 2.31. The Bertz CT molecular complexity index is 762. The third-order valence-corrected chi connectivity index (χ3v) is 3.63. The fraction of sp³-hybridized carbons (Fsp3) is 0.333. The van der Waals surface area contributed by atoms with Crippen LogP contribution in [0, 0.1) is 0 Å². The van der Waals surface area contributed by atoms with Crippen molar-refractivity contribution < 1.29 is 22.7 Å². The van der Waals surface area contributed by atoms with Crippen molar-refractivity contribution >= 4 is 23.3 Å². The maximum Gasteiger partial charge on any atom is 0.419 e. The molecule has 0 unspecified atom stereocenters. The predicted molar refractivity (Wildman–Crippen MR) is 86.2 cm³/mol. The highest BCUT2D eigenvalue weighted by Gasteiger charge is 2.35. The molecule has 25 heavy (non-hydrogen) atoms. The fourth-order valence-electron chi connectivity index (χ4n) is 2.20. The molecule has 2 aromatic rings. The van der Waals surface area contributed by atoms with E-state index in [-0.39, 0.29) is 18.8 Å². The number of rotatable bonds is 5. The minimum absolute atomic E-state index is 0.143. The van der Waals surface area contributed by atoms with Gasteiger partial charge >= 0.3 is 12.2 Å². The molecular formula is C15H16ClF3N4O2. The Labute approximate surface area is 146 Å². The van der Waals surface area contributed by atoms with E-state index in [2.05, 4.69) is 15.7 Å². The Balaban J connectivity index is 2.07. The molecule has 2 amide bonds. The van der Waals surface area contributed by atoms with E-state index in [0.717, 1.165) is 10.9 Å². The molecule has 0 spiro atoms. The monoisotopic (exact) mass is 376 g/mol. The molecule has 0 aliphatic rings. The number of amides is 2. The molecule has 2 rings (SSSR count). The first-order valence-electron chi connectivity index (χ1n) is 7.12. The van der Waals surface area contributed by atoms with Gasteiger partial charge in [0.1, 0.15) is 0 Å². The van der Waals surface area contributed by atoms with E-state index in [1.54, 1.807) is 18.2 Å². The van der Waals surface area contributed by atoms with E-state index in [0.29, 0.717) is 16.3 Å². The number of carbonyl (C=O) groups excluding carboxylic acids is 1. The first-order valence-corrected chi connectivity index (χ1v) is 7.50. The molecule has 0 aliphatic carbocycles. The summed E-state index contributed by atoms with van der Waals surface area (Å²) in [6.07, 6.45) is -3.81. The van der Waals surface area contributed by atoms with Gasteiger partial charge in [-0.2, -0.15) is 18.3 Å². The molecule has 1 aromatic carbocycles. The van der Waals surface area contributed by atoms with Crippen LogP contribution >= 0.6 is 11.6 Å². The summed E-state index contributed by atoms with van der Waals surface area (Å²) < 4.78 is 44.8. The molecule has 2 N–H and O–H groups in total. The standard InChI is InChI=1S/C15H16ClF3N4O2/c1-23-13(11(6-21-23)15(17,18)19)7-20-14(24)22-12-4-3-10(16)5-9(12)8-25-2/h3-6H,7-8H2,1-2H3,(H2,20,22,24). The molecule has 1 heterocycles. The highest BCUT2D eigenvalue weighted by atomic mass is 35.5. The number of carbonyl (C=O) groups is 1. The largest absolute Gasteiger partial charge is 0.419 e. The van der Waals surface area contributed by atoms with E-state index >= 15 is 0 Å². The average Bonchev–Trinajstić information content (AvgIpc) is 2.89. The number of benzene rings is 1. The van der Waals surface area contributed by atoms with Gasteiger partial charge in [-0.05, 0) is 18.2 Å². The number of alkyl halides is 3. The van der Waals surface area contributed by atoms with Crippen molar-refractivity contribution in [1.82, 2.24) is 15.1 Å². The van der Waals surface area contributed by atoms with Crippen molar-refractivity contribution in [3.8, 4) is 0 Å². The Morgan fingerprint density at radius 3 is 2.76 bits per heavy atom. The van der Waals surface area contributed by atoms with Crippen LogP contribution in [-0.4, -0.2) is 22.9 Å². The minimum atomic E-state index is -4.54. The lowest BCUT2D eigenvalue weighted by molar-refractivity contribution is -0.138. The lowest BCUT2D eigenvalue weighted by atomic mass is 10.2. The third kappa shape index (κ3) is 4.86. The van der Waals surface area contributed by atoms with Crippen LogP contribution < -0.4 is 10.6 Å². The fourth-order valence-corrected chi connectivity index (χ4v) is 2.39. The van der Waals surface area contributed by atoms with Crippen LogP contribution in [0.2, 0.25) is 5.02 Å². The summed E-state index contributed by atoms with van der Waals surface area (Å²) in [4.78, 5) is 12.0. The number of methoxy groups -OCH3 is 1. The smallest absolute Gasteiger partial charge is 0.380 e. The van der Waals surface area contributed by atoms with Gasteiger partial charge in [-0.15, -0.1) is 0 Å². The average molecular weight is 377 g/mol. The molecule has 0 atom stereocenters. The first-order chi connectivity index (χ1) is 11.7. The topological polar surface area (TPSA) is 68.2 Å². The number of aryl methyl sites for hydroxylation is 1. The summed E-state index contributed by atoms with van der Waals surface area (Å²) in [5.41, 5.74) is 0.0594. The Hall–Kier alpha value is -2.26. The first kappa shape index (κ1) is 19.1. The number of urea groups is 1. The number of nitrogens with zero attached hydrogens (tertiary/aromatic N) is 2. The summed E-state index contributed by atoms with van der Waals surface area (Å²) >= 11 is 5.90. The van der Waals surface area contributed by atoms with Gasteiger partial charge in [-0.25, -0.2) is 4.79 Å². The Kier molecular flexibility index (Phi) is 5.91. The second-order valence-corrected chi connectivity index (χ2v) is 5.60. The summed E-state index contributed by atoms with van der Waals surface area (Å²) in [6.45, 7) is -0.111. The zero-order valence-corrected chi connectivity index (χ0v) is 14.2. The molecule has 10 heteroatoms. The van der Waals surface area contributed by atoms with Crippen LogP contribution in [0.4, 0.5) is 23.7 Å². The van der Waals surface area contributed by atoms with Crippen molar-refractivity contribution in [2.75, 3.05) is 12.4 Å². The number of anilines is 1. The number of aromatic nitrogens is 2. The molecule has 0 aliphatic heterocycles. The second-order valence-electron chi connectivity index (χ2n) is 5.17. The maximum absolute atomic E-state index is 12.9. The van der Waals surface area contributed by atoms with Gasteiger partial charge in [0.15, 0.2) is 0 Å². The number of ether oxygens (including phenoxy) is 1. The summed E-state index contributed by atoms with van der Waals surface area (Å²) in [5.74, 6) is 0. The van der Waals surface area contributed by atoms with Gasteiger partial charge in [0, 0.05) is 30.4 Å². The summed E-state index contributed by atoms with van der Waals surface area (Å²) in [6, 6.07) is 4.14. The molecule has 1 aromatic heterocycles. The number of halogens is 4. The number of hydrogen-bond donors (Lipinski definition) is 2. The lowest BCUT2D eigenvalue weighted by Crippen LogP contribution is -2.30. The van der Waals surface area contributed by atoms with Gasteiger partial charge in [0.2, 0.25) is 0 Å². The van der Waals surface area contributed by atoms with Crippen LogP contribution in [0.15, 0.2) is 24.4 Å². The Morgan fingerprint density at radius 1 is 1.40 bits per heavy atom. The molecule has 6 nitrogen and oxygen atoms in total. The minimum Gasteiger partial charge on any atom is -0.380 e. The van der Waals surface area contributed by atoms with Gasteiger partial charge in [-0.3, -0.25) is 4.68 Å². The van der Waals surface area contributed by atoms with Crippen molar-refractivity contribution in [2.24, 2.45) is 7.05 Å². The van der Waals surface area contributed by atoms with Crippen LogP contribution in [-0.2, 0) is 31.1 Å². The molecule has 0 saturated heterocycles. The van der Waals surface area contributed by atoms with E-state index < -0.39 is 17.8 Å². The van der Waals surface area contributed by atoms with Crippen LogP contribution in [0.5, 0.6) is 0 Å². The van der Waals surface area contributed by atoms with Crippen molar-refractivity contribution in [3.63, 3.8) is 0 Å². The molecule has 0 fully saturated rings. The van der Waals surface area contributed by atoms with Crippen molar-refractivity contribution in [2.45, 2.75) is 19.3 Å². The van der Waals surface area contributed by atoms with E-state index in [9.17, 15) is 18.0 Å².